The third-order valence-corrected chi connectivity index (χ3v) is 29.5. The Kier molecular flexibility index (Phi) is 38.3. The van der Waals surface area contributed by atoms with E-state index in [1.165, 1.54) is 68.0 Å². The van der Waals surface area contributed by atoms with Gasteiger partial charge in [-0.2, -0.15) is 0 Å². The third-order valence-electron chi connectivity index (χ3n) is 11.5. The van der Waals surface area contributed by atoms with Crippen molar-refractivity contribution in [1.29, 1.82) is 0 Å². The molecule has 0 fully saturated rings. The fraction of sp³-hybridized carbons (Fsp3) is 0.242. The van der Waals surface area contributed by atoms with E-state index in [9.17, 15) is 30.0 Å². The molecular formula is C66H66Fe2N6O7S12. The summed E-state index contributed by atoms with van der Waals surface area (Å²) < 4.78 is 10.9. The van der Waals surface area contributed by atoms with E-state index in [-0.39, 0.29) is 62.6 Å². The maximum Gasteiger partial charge on any atom is 3.00 e. The molecule has 93 heavy (non-hydrogen) atoms. The van der Waals surface area contributed by atoms with Crippen LogP contribution in [0, 0.1) is 0 Å². The van der Waals surface area contributed by atoms with E-state index >= 15 is 0 Å². The Hall–Kier alpha value is -3.70. The van der Waals surface area contributed by atoms with Crippen LogP contribution in [0.2, 0.25) is 0 Å². The van der Waals surface area contributed by atoms with Crippen molar-refractivity contribution < 1.29 is 69.6 Å². The number of rotatable bonds is 22. The van der Waals surface area contributed by atoms with Crippen molar-refractivity contribution in [3.63, 3.8) is 0 Å². The zero-order valence-corrected chi connectivity index (χ0v) is 63.8. The van der Waals surface area contributed by atoms with Gasteiger partial charge in [0, 0.05) is 72.6 Å². The number of carbonyl (C=O) groups is 2. The Balaban J connectivity index is 0.000000336. The minimum atomic E-state index is -0.0778. The van der Waals surface area contributed by atoms with Gasteiger partial charge in [-0.3, -0.25) is 29.6 Å². The number of carbonyl (C=O) groups excluding carboxylic acids is 2. The van der Waals surface area contributed by atoms with E-state index in [0.717, 1.165) is 81.1 Å². The zero-order valence-electron chi connectivity index (χ0n) is 51.8. The third kappa shape index (κ3) is 25.6. The molecule has 2 radical (unpaired) electrons. The summed E-state index contributed by atoms with van der Waals surface area (Å²) in [5.74, 6) is 4.20. The molecule has 27 heteroatoms. The summed E-state index contributed by atoms with van der Waals surface area (Å²) in [6.45, 7) is 8.90. The van der Waals surface area contributed by atoms with Gasteiger partial charge in [0.1, 0.15) is 0 Å². The van der Waals surface area contributed by atoms with Crippen LogP contribution < -0.4 is 20.4 Å². The molecule has 4 aliphatic heterocycles. The maximum atomic E-state index is 12.3. The number of para-hydroxylation sites is 4. The molecule has 0 saturated carbocycles. The molecule has 490 valence electrons. The first-order valence-corrected chi connectivity index (χ1v) is 38.8. The first-order chi connectivity index (χ1) is 43.6. The van der Waals surface area contributed by atoms with Crippen LogP contribution in [0.25, 0.3) is 0 Å². The van der Waals surface area contributed by atoms with Crippen LogP contribution in [0.5, 0.6) is 23.0 Å². The van der Waals surface area contributed by atoms with Crippen molar-refractivity contribution in [3.8, 4) is 23.0 Å². The molecule has 0 bridgehead atoms. The summed E-state index contributed by atoms with van der Waals surface area (Å²) in [7, 11) is 6.75. The number of thioether (sulfide) groups is 12. The number of hydrogen-bond acceptors (Lipinski definition) is 22. The molecular weight excluding hydrogens is 1490 g/mol. The largest absolute Gasteiger partial charge is 3.00 e. The van der Waals surface area contributed by atoms with E-state index in [1.54, 1.807) is 149 Å². The molecule has 0 saturated heterocycles. The average molecular weight is 1550 g/mol. The standard InChI is InChI=1S/2C30H28N2O2S6.2C3H7NO.2Fe.O/c2*1-3-13-35-27-28(36-14-4-2)40-30(39-27)29-37-25-15-21(31-17-19-9-5-7-11-23(19)33)22(16-26(25)38-29)32-18-20-10-6-8-12-24(20)34;2*1-4(2)3-5;;;/h2*5-12,15-18,33-34H,3-4,13-14H2,1-2H3;2*3H,1-2H3;;;/q;;;;2*+3;-2/p-4. The molecule has 6 aromatic rings. The molecule has 0 unspecified atom stereocenters. The fourth-order valence-electron chi connectivity index (χ4n) is 7.17. The van der Waals surface area contributed by atoms with Crippen molar-refractivity contribution in [3.05, 3.63) is 177 Å². The SMILES string of the molecule is CCCSC1=C(SCCC)SC(=C2Sc3cc(N=Cc4ccccc4[O-])c(N=Cc4ccccc4[O-])cc3S2)S1.CCCSC1=C(SCCC)SC(=C2Sc3cc(N=Cc4ccccc4[O-])c(N=Cc4ccccc4[O-])cc3S2)S1.CN(C)C=O.CN(C)C=O.[Fe+3].[Fe+3].[O-2]. The topological polar surface area (TPSA) is 211 Å². The van der Waals surface area contributed by atoms with Crippen molar-refractivity contribution in [1.82, 2.24) is 9.80 Å². The number of amides is 2. The maximum absolute atomic E-state index is 12.3. The number of aliphatic imine (C=N–C) groups is 4. The summed E-state index contributed by atoms with van der Waals surface area (Å²) in [6.07, 6.45) is 12.5. The quantitative estimate of drug-likeness (QED) is 0.0351. The number of fused-ring (bicyclic) bond motifs is 2. The predicted octanol–water partition coefficient (Wildman–Crippen LogP) is 18.4. The van der Waals surface area contributed by atoms with Gasteiger partial charge in [-0.05, 0) is 95.2 Å². The van der Waals surface area contributed by atoms with Gasteiger partial charge in [-0.15, -0.1) is 70.0 Å². The van der Waals surface area contributed by atoms with E-state index in [0.29, 0.717) is 45.0 Å². The van der Waals surface area contributed by atoms with Crippen molar-refractivity contribution >= 4 is 202 Å². The molecule has 0 atom stereocenters. The Morgan fingerprint density at radius 1 is 0.366 bits per heavy atom. The second-order valence-corrected chi connectivity index (χ2v) is 34.2. The molecule has 2 amide bonds. The van der Waals surface area contributed by atoms with E-state index in [2.05, 4.69) is 47.7 Å². The van der Waals surface area contributed by atoms with Gasteiger partial charge >= 0.3 is 34.1 Å². The van der Waals surface area contributed by atoms with Crippen LogP contribution in [0.15, 0.2) is 195 Å². The van der Waals surface area contributed by atoms with Crippen LogP contribution in [-0.2, 0) is 49.2 Å². The van der Waals surface area contributed by atoms with E-state index in [1.807, 2.05) is 143 Å². The van der Waals surface area contributed by atoms with Crippen LogP contribution in [0.4, 0.5) is 22.7 Å². The molecule has 10 rings (SSSR count). The molecule has 0 spiro atoms. The summed E-state index contributed by atoms with van der Waals surface area (Å²) in [4.78, 5) is 45.0. The smallest absolute Gasteiger partial charge is 2.00 e. The summed E-state index contributed by atoms with van der Waals surface area (Å²) in [5, 5.41) is 49.0. The van der Waals surface area contributed by atoms with Gasteiger partial charge in [0.25, 0.3) is 0 Å². The molecule has 0 aromatic heterocycles. The Bertz CT molecular complexity index is 3280. The van der Waals surface area contributed by atoms with Crippen molar-refractivity contribution in [2.45, 2.75) is 73.0 Å². The minimum absolute atomic E-state index is 0. The van der Waals surface area contributed by atoms with Crippen LogP contribution in [0.3, 0.4) is 0 Å². The molecule has 4 heterocycles. The zero-order chi connectivity index (χ0) is 64.4. The predicted molar refractivity (Wildman–Crippen MR) is 399 cm³/mol. The van der Waals surface area contributed by atoms with Crippen LogP contribution >= 0.6 is 141 Å². The van der Waals surface area contributed by atoms with Crippen LogP contribution in [0.1, 0.15) is 75.6 Å². The summed E-state index contributed by atoms with van der Waals surface area (Å²) in [6, 6.07) is 35.5. The second kappa shape index (κ2) is 43.6. The van der Waals surface area contributed by atoms with E-state index < -0.39 is 0 Å². The molecule has 0 aliphatic carbocycles. The monoisotopic (exact) mass is 1550 g/mol. The van der Waals surface area contributed by atoms with Crippen molar-refractivity contribution in [2.24, 2.45) is 20.0 Å². The van der Waals surface area contributed by atoms with Gasteiger partial charge in [-0.25, -0.2) is 0 Å². The van der Waals surface area contributed by atoms with E-state index in [4.69, 9.17) is 0 Å². The first kappa shape index (κ1) is 81.7. The fourth-order valence-corrected chi connectivity index (χ4v) is 24.2. The Labute approximate surface area is 619 Å². The average Bonchev–Trinajstić information content (AvgIpc) is 1.72. The number of nitrogens with zero attached hydrogens (tertiary/aromatic N) is 6. The van der Waals surface area contributed by atoms with Gasteiger partial charge in [0.05, 0.1) is 56.6 Å². The van der Waals surface area contributed by atoms with Gasteiger partial charge < -0.3 is 35.7 Å². The molecule has 6 aromatic carbocycles. The van der Waals surface area contributed by atoms with Gasteiger partial charge in [0.2, 0.25) is 12.8 Å². The molecule has 4 aliphatic rings. The summed E-state index contributed by atoms with van der Waals surface area (Å²) in [5.41, 5.74) is 4.71. The van der Waals surface area contributed by atoms with Gasteiger partial charge in [-0.1, -0.05) is 219 Å². The molecule has 13 nitrogen and oxygen atoms in total. The Morgan fingerprint density at radius 3 is 0.742 bits per heavy atom. The normalized spacial score (nSPS) is 13.8. The number of hydrogen-bond donors (Lipinski definition) is 0. The second-order valence-electron chi connectivity index (χ2n) is 19.4. The van der Waals surface area contributed by atoms with Gasteiger partial charge in [0.15, 0.2) is 0 Å². The first-order valence-electron chi connectivity index (χ1n) is 28.4. The Morgan fingerprint density at radius 2 is 0.559 bits per heavy atom. The minimum Gasteiger partial charge on any atom is -2.00 e. The summed E-state index contributed by atoms with van der Waals surface area (Å²) >= 11 is 22.5. The van der Waals surface area contributed by atoms with Crippen LogP contribution in [-0.4, -0.2) is 98.7 Å². The van der Waals surface area contributed by atoms with Crippen molar-refractivity contribution in [2.75, 3.05) is 51.2 Å². The number of benzene rings is 6. The molecule has 0 N–H and O–H groups in total.